The van der Waals surface area contributed by atoms with Crippen molar-refractivity contribution in [2.45, 2.75) is 20.0 Å². The monoisotopic (exact) mass is 529 g/mol. The Bertz CT molecular complexity index is 815. The Labute approximate surface area is 196 Å². The average molecular weight is 529 g/mol. The van der Waals surface area contributed by atoms with Crippen LogP contribution >= 0.6 is 24.0 Å². The lowest BCUT2D eigenvalue weighted by Crippen LogP contribution is -2.36. The van der Waals surface area contributed by atoms with Crippen LogP contribution in [0.2, 0.25) is 0 Å². The first-order valence-electron chi connectivity index (χ1n) is 9.48. The third kappa shape index (κ3) is 7.56. The van der Waals surface area contributed by atoms with Crippen LogP contribution in [0.4, 0.5) is 0 Å². The summed E-state index contributed by atoms with van der Waals surface area (Å²) < 4.78 is 21.8. The van der Waals surface area contributed by atoms with E-state index in [-0.39, 0.29) is 24.0 Å². The Morgan fingerprint density at radius 1 is 0.900 bits per heavy atom. The van der Waals surface area contributed by atoms with Gasteiger partial charge in [-0.05, 0) is 24.6 Å². The molecule has 30 heavy (non-hydrogen) atoms. The van der Waals surface area contributed by atoms with E-state index in [4.69, 9.17) is 18.9 Å². The molecule has 2 rings (SSSR count). The number of para-hydroxylation sites is 1. The van der Waals surface area contributed by atoms with Gasteiger partial charge in [0.2, 0.25) is 0 Å². The van der Waals surface area contributed by atoms with E-state index >= 15 is 0 Å². The van der Waals surface area contributed by atoms with Gasteiger partial charge in [0.05, 0.1) is 20.8 Å². The second-order valence-electron chi connectivity index (χ2n) is 6.38. The van der Waals surface area contributed by atoms with Gasteiger partial charge in [-0.3, -0.25) is 4.99 Å². The topological polar surface area (TPSA) is 73.3 Å². The van der Waals surface area contributed by atoms with Gasteiger partial charge in [-0.15, -0.1) is 24.0 Å². The summed E-state index contributed by atoms with van der Waals surface area (Å²) in [6.07, 6.45) is 0. The normalized spacial score (nSPS) is 10.8. The van der Waals surface area contributed by atoms with Gasteiger partial charge in [-0.2, -0.15) is 0 Å². The van der Waals surface area contributed by atoms with Crippen molar-refractivity contribution in [3.63, 3.8) is 0 Å². The number of hydrogen-bond acceptors (Lipinski definition) is 5. The molecule has 0 bridgehead atoms. The van der Waals surface area contributed by atoms with Crippen molar-refractivity contribution < 1.29 is 18.9 Å². The zero-order chi connectivity index (χ0) is 21.1. The Balaban J connectivity index is 0.00000450. The third-order valence-corrected chi connectivity index (χ3v) is 4.37. The molecule has 2 N–H and O–H groups in total. The zero-order valence-corrected chi connectivity index (χ0v) is 20.6. The second kappa shape index (κ2) is 13.9. The minimum atomic E-state index is 0. The van der Waals surface area contributed by atoms with Crippen molar-refractivity contribution in [1.82, 2.24) is 10.6 Å². The van der Waals surface area contributed by atoms with E-state index < -0.39 is 0 Å². The number of aryl methyl sites for hydroxylation is 1. The molecule has 0 spiro atoms. The van der Waals surface area contributed by atoms with Gasteiger partial charge < -0.3 is 29.6 Å². The molecule has 0 fully saturated rings. The minimum Gasteiger partial charge on any atom is -0.493 e. The Kier molecular flexibility index (Phi) is 12.0. The molecule has 0 aliphatic rings. The van der Waals surface area contributed by atoms with Gasteiger partial charge >= 0.3 is 0 Å². The number of hydrogen-bond donors (Lipinski definition) is 2. The Morgan fingerprint density at radius 3 is 2.27 bits per heavy atom. The highest BCUT2D eigenvalue weighted by Gasteiger charge is 2.10. The first kappa shape index (κ1) is 25.8. The highest BCUT2D eigenvalue weighted by molar-refractivity contribution is 14.0. The quantitative estimate of drug-likeness (QED) is 0.213. The lowest BCUT2D eigenvalue weighted by atomic mass is 10.1. The van der Waals surface area contributed by atoms with Crippen LogP contribution in [0.15, 0.2) is 41.4 Å². The summed E-state index contributed by atoms with van der Waals surface area (Å²) in [5, 5.41) is 6.64. The van der Waals surface area contributed by atoms with Gasteiger partial charge in [0.15, 0.2) is 17.5 Å². The molecule has 2 aromatic carbocycles. The third-order valence-electron chi connectivity index (χ3n) is 4.37. The van der Waals surface area contributed by atoms with E-state index in [1.807, 2.05) is 31.2 Å². The number of methoxy groups -OCH3 is 3. The second-order valence-corrected chi connectivity index (χ2v) is 6.38. The summed E-state index contributed by atoms with van der Waals surface area (Å²) in [5.74, 6) is 2.94. The molecule has 0 aromatic heterocycles. The lowest BCUT2D eigenvalue weighted by Gasteiger charge is -2.17. The van der Waals surface area contributed by atoms with Crippen LogP contribution in [0.3, 0.4) is 0 Å². The van der Waals surface area contributed by atoms with Crippen molar-refractivity contribution in [1.29, 1.82) is 0 Å². The van der Waals surface area contributed by atoms with E-state index in [1.54, 1.807) is 28.4 Å². The molecule has 8 heteroatoms. The molecule has 0 saturated carbocycles. The Hall–Kier alpha value is -2.20. The Morgan fingerprint density at radius 2 is 1.63 bits per heavy atom. The summed E-state index contributed by atoms with van der Waals surface area (Å²) >= 11 is 0. The highest BCUT2D eigenvalue weighted by Crippen LogP contribution is 2.30. The molecule has 0 saturated heterocycles. The van der Waals surface area contributed by atoms with Crippen molar-refractivity contribution in [2.75, 3.05) is 41.6 Å². The maximum absolute atomic E-state index is 5.85. The first-order valence-corrected chi connectivity index (χ1v) is 9.48. The average Bonchev–Trinajstić information content (AvgIpc) is 2.74. The highest BCUT2D eigenvalue weighted by atomic mass is 127. The lowest BCUT2D eigenvalue weighted by molar-refractivity contribution is 0.145. The van der Waals surface area contributed by atoms with Crippen molar-refractivity contribution in [3.05, 3.63) is 53.1 Å². The molecule has 0 aliphatic heterocycles. The maximum Gasteiger partial charge on any atom is 0.191 e. The van der Waals surface area contributed by atoms with Crippen LogP contribution in [0.25, 0.3) is 0 Å². The molecule has 0 atom stereocenters. The number of rotatable bonds is 10. The zero-order valence-electron chi connectivity index (χ0n) is 18.3. The van der Waals surface area contributed by atoms with Crippen molar-refractivity contribution in [2.24, 2.45) is 4.99 Å². The fraction of sp³-hybridized carbons (Fsp3) is 0.409. The maximum atomic E-state index is 5.85. The van der Waals surface area contributed by atoms with Crippen LogP contribution in [0, 0.1) is 6.92 Å². The number of ether oxygens (including phenoxy) is 4. The number of guanidine groups is 1. The van der Waals surface area contributed by atoms with Crippen molar-refractivity contribution in [3.8, 4) is 17.2 Å². The molecule has 166 valence electrons. The molecular weight excluding hydrogens is 497 g/mol. The summed E-state index contributed by atoms with van der Waals surface area (Å²) in [4.78, 5) is 4.30. The van der Waals surface area contributed by atoms with Crippen molar-refractivity contribution >= 4 is 29.9 Å². The fourth-order valence-electron chi connectivity index (χ4n) is 2.85. The predicted molar refractivity (Wildman–Crippen MR) is 131 cm³/mol. The van der Waals surface area contributed by atoms with E-state index in [9.17, 15) is 0 Å². The van der Waals surface area contributed by atoms with Crippen LogP contribution in [0.5, 0.6) is 17.2 Å². The standard InChI is InChI=1S/C22H31N3O4.HI/c1-16-9-10-17(20(13-16)29-12-11-26-3)14-24-22(23-2)25-15-18-7-6-8-19(27-4)21(18)28-5;/h6-10,13H,11-12,14-15H2,1-5H3,(H2,23,24,25);1H. The summed E-state index contributed by atoms with van der Waals surface area (Å²) in [6, 6.07) is 12.0. The van der Waals surface area contributed by atoms with Gasteiger partial charge in [-0.25, -0.2) is 0 Å². The number of benzene rings is 2. The van der Waals surface area contributed by atoms with Crippen LogP contribution in [0.1, 0.15) is 16.7 Å². The van der Waals surface area contributed by atoms with Gasteiger partial charge in [0, 0.05) is 38.4 Å². The number of aliphatic imine (C=N–C) groups is 1. The number of nitrogens with one attached hydrogen (secondary N) is 2. The number of nitrogens with zero attached hydrogens (tertiary/aromatic N) is 1. The molecule has 0 radical (unpaired) electrons. The molecule has 2 aromatic rings. The van der Waals surface area contributed by atoms with Crippen LogP contribution in [-0.4, -0.2) is 47.6 Å². The molecular formula is C22H32IN3O4. The first-order chi connectivity index (χ1) is 14.1. The molecule has 0 amide bonds. The number of halogens is 1. The fourth-order valence-corrected chi connectivity index (χ4v) is 2.85. The van der Waals surface area contributed by atoms with E-state index in [1.165, 1.54) is 0 Å². The predicted octanol–water partition coefficient (Wildman–Crippen LogP) is 3.52. The molecule has 0 aliphatic carbocycles. The van der Waals surface area contributed by atoms with Crippen LogP contribution in [-0.2, 0) is 17.8 Å². The van der Waals surface area contributed by atoms with E-state index in [2.05, 4.69) is 27.8 Å². The summed E-state index contributed by atoms with van der Waals surface area (Å²) in [6.45, 7) is 4.23. The van der Waals surface area contributed by atoms with Gasteiger partial charge in [0.1, 0.15) is 12.4 Å². The molecule has 0 unspecified atom stereocenters. The summed E-state index contributed by atoms with van der Waals surface area (Å²) in [7, 11) is 6.67. The van der Waals surface area contributed by atoms with Gasteiger partial charge in [0.25, 0.3) is 0 Å². The molecule has 0 heterocycles. The SMILES string of the molecule is CN=C(NCc1ccc(C)cc1OCCOC)NCc1cccc(OC)c1OC.I. The minimum absolute atomic E-state index is 0. The van der Waals surface area contributed by atoms with Gasteiger partial charge in [-0.1, -0.05) is 24.3 Å². The van der Waals surface area contributed by atoms with E-state index in [0.29, 0.717) is 43.8 Å². The summed E-state index contributed by atoms with van der Waals surface area (Å²) in [5.41, 5.74) is 3.18. The largest absolute Gasteiger partial charge is 0.493 e. The van der Waals surface area contributed by atoms with Crippen LogP contribution < -0.4 is 24.8 Å². The smallest absolute Gasteiger partial charge is 0.191 e. The van der Waals surface area contributed by atoms with E-state index in [0.717, 1.165) is 22.4 Å². The molecule has 7 nitrogen and oxygen atoms in total.